The maximum absolute atomic E-state index is 10.8. The molecule has 1 atom stereocenters. The van der Waals surface area contributed by atoms with Crippen molar-refractivity contribution in [1.29, 1.82) is 5.26 Å². The van der Waals surface area contributed by atoms with Crippen LogP contribution in [0.5, 0.6) is 5.75 Å². The highest BCUT2D eigenvalue weighted by atomic mass is 79.9. The maximum atomic E-state index is 10.8. The minimum Gasteiger partial charge on any atom is -0.484 e. The summed E-state index contributed by atoms with van der Waals surface area (Å²) in [5, 5.41) is 19.5. The van der Waals surface area contributed by atoms with Gasteiger partial charge in [0, 0.05) is 10.5 Å². The van der Waals surface area contributed by atoms with Crippen LogP contribution >= 0.6 is 15.9 Å². The molecule has 6 nitrogen and oxygen atoms in total. The number of halogens is 1. The van der Waals surface area contributed by atoms with E-state index in [1.165, 1.54) is 19.1 Å². The molecule has 0 bridgehead atoms. The summed E-state index contributed by atoms with van der Waals surface area (Å²) >= 11 is 3.13. The van der Waals surface area contributed by atoms with Crippen LogP contribution in [0.25, 0.3) is 0 Å². The Morgan fingerprint density at radius 1 is 1.71 bits per heavy atom. The summed E-state index contributed by atoms with van der Waals surface area (Å²) in [5.41, 5.74) is 4.20. The van der Waals surface area contributed by atoms with Crippen molar-refractivity contribution in [1.82, 2.24) is 0 Å². The van der Waals surface area contributed by atoms with Gasteiger partial charge in [-0.25, -0.2) is 0 Å². The molecule has 0 saturated heterocycles. The molecule has 0 fully saturated rings. The molecule has 1 rings (SSSR count). The molecule has 17 heavy (non-hydrogen) atoms. The van der Waals surface area contributed by atoms with E-state index in [-0.39, 0.29) is 18.0 Å². The van der Waals surface area contributed by atoms with Crippen molar-refractivity contribution < 1.29 is 9.66 Å². The molecule has 0 aliphatic heterocycles. The monoisotopic (exact) mass is 299 g/mol. The number of nitriles is 1. The van der Waals surface area contributed by atoms with Crippen LogP contribution in [0.3, 0.4) is 0 Å². The van der Waals surface area contributed by atoms with Crippen LogP contribution in [-0.2, 0) is 0 Å². The lowest BCUT2D eigenvalue weighted by Crippen LogP contribution is -2.40. The van der Waals surface area contributed by atoms with E-state index in [1.54, 1.807) is 6.07 Å². The quantitative estimate of drug-likeness (QED) is 0.676. The molecular weight excluding hydrogens is 290 g/mol. The van der Waals surface area contributed by atoms with Crippen LogP contribution in [0, 0.1) is 21.4 Å². The van der Waals surface area contributed by atoms with Gasteiger partial charge in [0.25, 0.3) is 0 Å². The Hall–Kier alpha value is -1.65. The lowest BCUT2D eigenvalue weighted by atomic mass is 10.1. The summed E-state index contributed by atoms with van der Waals surface area (Å²) in [4.78, 5) is 10.2. The van der Waals surface area contributed by atoms with Crippen LogP contribution < -0.4 is 10.5 Å². The summed E-state index contributed by atoms with van der Waals surface area (Å²) < 4.78 is 5.78. The number of nitrogens with zero attached hydrogens (tertiary/aromatic N) is 2. The van der Waals surface area contributed by atoms with Gasteiger partial charge >= 0.3 is 5.69 Å². The molecule has 0 radical (unpaired) electrons. The molecule has 0 aliphatic carbocycles. The largest absolute Gasteiger partial charge is 0.484 e. The molecule has 1 aromatic rings. The molecule has 0 amide bonds. The Morgan fingerprint density at radius 2 is 2.35 bits per heavy atom. The molecule has 2 N–H and O–H groups in total. The molecule has 1 aromatic carbocycles. The van der Waals surface area contributed by atoms with E-state index in [4.69, 9.17) is 15.7 Å². The average molecular weight is 300 g/mol. The summed E-state index contributed by atoms with van der Waals surface area (Å²) in [6.45, 7) is 1.36. The maximum Gasteiger partial charge on any atom is 0.312 e. The molecule has 0 aliphatic rings. The van der Waals surface area contributed by atoms with Crippen LogP contribution in [0.2, 0.25) is 0 Å². The van der Waals surface area contributed by atoms with Gasteiger partial charge in [-0.15, -0.1) is 0 Å². The minimum absolute atomic E-state index is 0.0881. The van der Waals surface area contributed by atoms with E-state index in [1.807, 2.05) is 6.07 Å². The van der Waals surface area contributed by atoms with Gasteiger partial charge in [0.15, 0.2) is 5.75 Å². The van der Waals surface area contributed by atoms with E-state index in [0.29, 0.717) is 4.47 Å². The van der Waals surface area contributed by atoms with Crippen molar-refractivity contribution >= 4 is 21.6 Å². The summed E-state index contributed by atoms with van der Waals surface area (Å²) in [6, 6.07) is 6.24. The van der Waals surface area contributed by atoms with Gasteiger partial charge in [0.1, 0.15) is 12.1 Å². The molecule has 0 saturated carbocycles. The Labute approximate surface area is 106 Å². The molecule has 0 aromatic heterocycles. The highest BCUT2D eigenvalue weighted by Crippen LogP contribution is 2.30. The summed E-state index contributed by atoms with van der Waals surface area (Å²) in [5.74, 6) is 0.0881. The fourth-order valence-corrected chi connectivity index (χ4v) is 1.36. The van der Waals surface area contributed by atoms with Gasteiger partial charge in [0.2, 0.25) is 0 Å². The number of hydrogen-bond donors (Lipinski definition) is 1. The molecule has 90 valence electrons. The zero-order valence-electron chi connectivity index (χ0n) is 9.01. The number of nitro groups is 1. The van der Waals surface area contributed by atoms with Crippen LogP contribution in [0.15, 0.2) is 22.7 Å². The first-order valence-corrected chi connectivity index (χ1v) is 5.42. The van der Waals surface area contributed by atoms with Gasteiger partial charge in [-0.2, -0.15) is 5.26 Å². The van der Waals surface area contributed by atoms with Crippen molar-refractivity contribution in [3.63, 3.8) is 0 Å². The SMILES string of the molecule is CC(N)(C#N)COc1ccc(Br)cc1[N+](=O)[O-]. The minimum atomic E-state index is -1.18. The van der Waals surface area contributed by atoms with Gasteiger partial charge in [-0.3, -0.25) is 10.1 Å². The lowest BCUT2D eigenvalue weighted by Gasteiger charge is -2.16. The number of rotatable bonds is 4. The van der Waals surface area contributed by atoms with E-state index >= 15 is 0 Å². The smallest absolute Gasteiger partial charge is 0.312 e. The topological polar surface area (TPSA) is 102 Å². The van der Waals surface area contributed by atoms with Crippen LogP contribution in [0.1, 0.15) is 6.92 Å². The van der Waals surface area contributed by atoms with Gasteiger partial charge in [-0.05, 0) is 19.1 Å². The average Bonchev–Trinajstić information content (AvgIpc) is 2.27. The first-order valence-electron chi connectivity index (χ1n) is 4.62. The van der Waals surface area contributed by atoms with Crippen LogP contribution in [-0.4, -0.2) is 17.1 Å². The Morgan fingerprint density at radius 3 is 2.88 bits per heavy atom. The highest BCUT2D eigenvalue weighted by molar-refractivity contribution is 9.10. The fourth-order valence-electron chi connectivity index (χ4n) is 1.02. The third kappa shape index (κ3) is 3.69. The second-order valence-corrected chi connectivity index (χ2v) is 4.60. The molecule has 0 spiro atoms. The van der Waals surface area contributed by atoms with E-state index < -0.39 is 10.5 Å². The van der Waals surface area contributed by atoms with Gasteiger partial charge < -0.3 is 10.5 Å². The zero-order chi connectivity index (χ0) is 13.1. The lowest BCUT2D eigenvalue weighted by molar-refractivity contribution is -0.386. The van der Waals surface area contributed by atoms with E-state index in [0.717, 1.165) is 0 Å². The fraction of sp³-hybridized carbons (Fsp3) is 0.300. The zero-order valence-corrected chi connectivity index (χ0v) is 10.6. The van der Waals surface area contributed by atoms with E-state index in [2.05, 4.69) is 15.9 Å². The normalized spacial score (nSPS) is 13.5. The Kier molecular flexibility index (Phi) is 4.04. The Balaban J connectivity index is 2.92. The summed E-state index contributed by atoms with van der Waals surface area (Å²) in [6.07, 6.45) is 0. The Bertz CT molecular complexity index is 482. The third-order valence-electron chi connectivity index (χ3n) is 1.90. The standard InChI is InChI=1S/C10H10BrN3O3/c1-10(13,5-12)6-17-9-3-2-7(11)4-8(9)14(15)16/h2-4H,6,13H2,1H3. The summed E-state index contributed by atoms with van der Waals surface area (Å²) in [7, 11) is 0. The highest BCUT2D eigenvalue weighted by Gasteiger charge is 2.22. The number of nitrogens with two attached hydrogens (primary N) is 1. The van der Waals surface area contributed by atoms with Crippen LogP contribution in [0.4, 0.5) is 5.69 Å². The van der Waals surface area contributed by atoms with E-state index in [9.17, 15) is 10.1 Å². The van der Waals surface area contributed by atoms with Crippen molar-refractivity contribution in [2.24, 2.45) is 5.73 Å². The number of hydrogen-bond acceptors (Lipinski definition) is 5. The molecule has 0 heterocycles. The van der Waals surface area contributed by atoms with Gasteiger partial charge in [-0.1, -0.05) is 15.9 Å². The predicted molar refractivity (Wildman–Crippen MR) is 64.5 cm³/mol. The van der Waals surface area contributed by atoms with Crippen molar-refractivity contribution in [3.05, 3.63) is 32.8 Å². The van der Waals surface area contributed by atoms with Crippen molar-refractivity contribution in [3.8, 4) is 11.8 Å². The number of nitro benzene ring substituents is 1. The first-order chi connectivity index (χ1) is 7.85. The van der Waals surface area contributed by atoms with Gasteiger partial charge in [0.05, 0.1) is 11.0 Å². The predicted octanol–water partition coefficient (Wildman–Crippen LogP) is 1.98. The van der Waals surface area contributed by atoms with Crippen molar-refractivity contribution in [2.45, 2.75) is 12.5 Å². The second kappa shape index (κ2) is 5.12. The molecule has 7 heteroatoms. The first kappa shape index (κ1) is 13.4. The number of ether oxygens (including phenoxy) is 1. The number of benzene rings is 1. The molecular formula is C10H10BrN3O3. The third-order valence-corrected chi connectivity index (χ3v) is 2.39. The molecule has 1 unspecified atom stereocenters. The van der Waals surface area contributed by atoms with Crippen molar-refractivity contribution in [2.75, 3.05) is 6.61 Å². The second-order valence-electron chi connectivity index (χ2n) is 3.69.